The Labute approximate surface area is 59.1 Å². The van der Waals surface area contributed by atoms with E-state index in [0.29, 0.717) is 0 Å². The number of aliphatic hydroxyl groups is 3. The summed E-state index contributed by atoms with van der Waals surface area (Å²) in [6.07, 6.45) is -2.93. The van der Waals surface area contributed by atoms with Gasteiger partial charge in [-0.3, -0.25) is 0 Å². The van der Waals surface area contributed by atoms with Crippen LogP contribution in [0.4, 0.5) is 4.39 Å². The first-order valence-corrected chi connectivity index (χ1v) is 3.05. The Morgan fingerprint density at radius 2 is 1.80 bits per heavy atom. The van der Waals surface area contributed by atoms with E-state index in [1.54, 1.807) is 0 Å². The fraction of sp³-hybridized carbons (Fsp3) is 1.00. The molecule has 10 heavy (non-hydrogen) atoms. The molecule has 0 fully saturated rings. The van der Waals surface area contributed by atoms with E-state index in [1.165, 1.54) is 0 Å². The molecule has 0 radical (unpaired) electrons. The number of halogens is 1. The Bertz CT molecular complexity index is 99.7. The fourth-order valence-electron chi connectivity index (χ4n) is 0.557. The molecular weight excluding hydrogens is 139 g/mol. The van der Waals surface area contributed by atoms with Gasteiger partial charge in [0.25, 0.3) is 0 Å². The molecule has 0 saturated heterocycles. The van der Waals surface area contributed by atoms with E-state index in [2.05, 4.69) is 0 Å². The van der Waals surface area contributed by atoms with Crippen molar-refractivity contribution in [3.63, 3.8) is 0 Å². The third kappa shape index (κ3) is 2.60. The number of hydrogen-bond donors (Lipinski definition) is 3. The van der Waals surface area contributed by atoms with Crippen LogP contribution < -0.4 is 0 Å². The molecule has 0 aromatic carbocycles. The molecule has 0 bridgehead atoms. The summed E-state index contributed by atoms with van der Waals surface area (Å²) in [4.78, 5) is 0. The monoisotopic (exact) mass is 152 g/mol. The van der Waals surface area contributed by atoms with Gasteiger partial charge in [-0.25, -0.2) is 4.39 Å². The minimum absolute atomic E-state index is 0.630. The summed E-state index contributed by atoms with van der Waals surface area (Å²) in [7, 11) is 0. The first-order chi connectivity index (χ1) is 4.39. The second-order valence-electron chi connectivity index (χ2n) is 2.76. The second kappa shape index (κ2) is 3.27. The quantitative estimate of drug-likeness (QED) is 0.508. The molecule has 3 nitrogen and oxygen atoms in total. The van der Waals surface area contributed by atoms with Crippen molar-refractivity contribution in [3.05, 3.63) is 0 Å². The van der Waals surface area contributed by atoms with E-state index < -0.39 is 24.5 Å². The maximum atomic E-state index is 12.7. The molecule has 0 aliphatic carbocycles. The van der Waals surface area contributed by atoms with Gasteiger partial charge in [-0.15, -0.1) is 0 Å². The molecular formula is C6H13FO3. The molecule has 2 atom stereocenters. The molecule has 0 amide bonds. The average Bonchev–Trinajstić information content (AvgIpc) is 1.83. The van der Waals surface area contributed by atoms with Gasteiger partial charge in [-0.1, -0.05) is 0 Å². The zero-order valence-corrected chi connectivity index (χ0v) is 6.08. The maximum absolute atomic E-state index is 12.7. The first kappa shape index (κ1) is 9.81. The van der Waals surface area contributed by atoms with Crippen molar-refractivity contribution in [1.29, 1.82) is 0 Å². The van der Waals surface area contributed by atoms with Crippen LogP contribution in [0.1, 0.15) is 13.8 Å². The zero-order chi connectivity index (χ0) is 8.36. The molecule has 0 aliphatic rings. The SMILES string of the molecule is CC(C)(F)[C@H](O)[C@H](O)CO. The average molecular weight is 152 g/mol. The minimum atomic E-state index is -1.87. The summed E-state index contributed by atoms with van der Waals surface area (Å²) in [5.74, 6) is 0. The van der Waals surface area contributed by atoms with Gasteiger partial charge in [0.05, 0.1) is 6.61 Å². The van der Waals surface area contributed by atoms with Crippen LogP contribution in [0.25, 0.3) is 0 Å². The number of aliphatic hydroxyl groups excluding tert-OH is 3. The molecule has 4 heteroatoms. The van der Waals surface area contributed by atoms with Gasteiger partial charge in [0.15, 0.2) is 0 Å². The van der Waals surface area contributed by atoms with Crippen molar-refractivity contribution in [2.45, 2.75) is 31.7 Å². The van der Waals surface area contributed by atoms with Crippen LogP contribution in [0.5, 0.6) is 0 Å². The van der Waals surface area contributed by atoms with Crippen molar-refractivity contribution >= 4 is 0 Å². The lowest BCUT2D eigenvalue weighted by Gasteiger charge is -2.24. The van der Waals surface area contributed by atoms with Crippen LogP contribution >= 0.6 is 0 Å². The van der Waals surface area contributed by atoms with E-state index in [0.717, 1.165) is 13.8 Å². The topological polar surface area (TPSA) is 60.7 Å². The van der Waals surface area contributed by atoms with Crippen molar-refractivity contribution in [1.82, 2.24) is 0 Å². The standard InChI is InChI=1S/C6H13FO3/c1-6(2,7)5(10)4(9)3-8/h4-5,8-10H,3H2,1-2H3/t4-,5-/m1/s1. The molecule has 0 unspecified atom stereocenters. The van der Waals surface area contributed by atoms with E-state index in [4.69, 9.17) is 15.3 Å². The van der Waals surface area contributed by atoms with Gasteiger partial charge in [0.2, 0.25) is 0 Å². The maximum Gasteiger partial charge on any atom is 0.133 e. The van der Waals surface area contributed by atoms with Crippen LogP contribution in [0.3, 0.4) is 0 Å². The Kier molecular flexibility index (Phi) is 3.21. The zero-order valence-electron chi connectivity index (χ0n) is 6.08. The molecule has 0 rings (SSSR count). The highest BCUT2D eigenvalue weighted by atomic mass is 19.1. The number of alkyl halides is 1. The van der Waals surface area contributed by atoms with Gasteiger partial charge >= 0.3 is 0 Å². The van der Waals surface area contributed by atoms with Crippen molar-refractivity contribution in [2.75, 3.05) is 6.61 Å². The van der Waals surface area contributed by atoms with Crippen LogP contribution in [-0.2, 0) is 0 Å². The molecule has 0 spiro atoms. The Balaban J connectivity index is 3.94. The molecule has 0 aromatic heterocycles. The van der Waals surface area contributed by atoms with Gasteiger partial charge in [0.1, 0.15) is 17.9 Å². The van der Waals surface area contributed by atoms with E-state index in [1.807, 2.05) is 0 Å². The normalized spacial score (nSPS) is 18.6. The molecule has 0 heterocycles. The first-order valence-electron chi connectivity index (χ1n) is 3.05. The minimum Gasteiger partial charge on any atom is -0.394 e. The highest BCUT2D eigenvalue weighted by Crippen LogP contribution is 2.16. The van der Waals surface area contributed by atoms with Gasteiger partial charge in [-0.2, -0.15) is 0 Å². The van der Waals surface area contributed by atoms with Gasteiger partial charge in [0, 0.05) is 0 Å². The summed E-state index contributed by atoms with van der Waals surface area (Å²) in [6.45, 7) is 1.64. The Morgan fingerprint density at radius 1 is 1.40 bits per heavy atom. The predicted octanol–water partition coefficient (Wildman–Crippen LogP) is -0.551. The lowest BCUT2D eigenvalue weighted by molar-refractivity contribution is -0.0826. The Morgan fingerprint density at radius 3 is 1.90 bits per heavy atom. The number of hydrogen-bond acceptors (Lipinski definition) is 3. The van der Waals surface area contributed by atoms with Crippen LogP contribution in [-0.4, -0.2) is 39.8 Å². The predicted molar refractivity (Wildman–Crippen MR) is 34.3 cm³/mol. The highest BCUT2D eigenvalue weighted by Gasteiger charge is 2.32. The summed E-state index contributed by atoms with van der Waals surface area (Å²) in [6, 6.07) is 0. The van der Waals surface area contributed by atoms with Crippen LogP contribution in [0.2, 0.25) is 0 Å². The van der Waals surface area contributed by atoms with Gasteiger partial charge in [-0.05, 0) is 13.8 Å². The van der Waals surface area contributed by atoms with Crippen molar-refractivity contribution < 1.29 is 19.7 Å². The molecule has 62 valence electrons. The molecule has 0 aromatic rings. The lowest BCUT2D eigenvalue weighted by Crippen LogP contribution is -2.43. The van der Waals surface area contributed by atoms with Crippen LogP contribution in [0.15, 0.2) is 0 Å². The number of rotatable bonds is 3. The Hall–Kier alpha value is -0.190. The summed E-state index contributed by atoms with van der Waals surface area (Å²) in [5, 5.41) is 25.9. The largest absolute Gasteiger partial charge is 0.394 e. The molecule has 0 saturated carbocycles. The second-order valence-corrected chi connectivity index (χ2v) is 2.76. The lowest BCUT2D eigenvalue weighted by atomic mass is 9.99. The van der Waals surface area contributed by atoms with Crippen molar-refractivity contribution in [3.8, 4) is 0 Å². The van der Waals surface area contributed by atoms with Crippen LogP contribution in [0, 0.1) is 0 Å². The smallest absolute Gasteiger partial charge is 0.133 e. The third-order valence-electron chi connectivity index (χ3n) is 1.25. The summed E-state index contributed by atoms with van der Waals surface area (Å²) >= 11 is 0. The fourth-order valence-corrected chi connectivity index (χ4v) is 0.557. The van der Waals surface area contributed by atoms with Crippen molar-refractivity contribution in [2.24, 2.45) is 0 Å². The van der Waals surface area contributed by atoms with E-state index in [9.17, 15) is 4.39 Å². The third-order valence-corrected chi connectivity index (χ3v) is 1.25. The summed E-state index contributed by atoms with van der Waals surface area (Å²) in [5.41, 5.74) is -1.87. The molecule has 0 aliphatic heterocycles. The molecule has 3 N–H and O–H groups in total. The van der Waals surface area contributed by atoms with Gasteiger partial charge < -0.3 is 15.3 Å². The highest BCUT2D eigenvalue weighted by molar-refractivity contribution is 4.82. The van der Waals surface area contributed by atoms with E-state index in [-0.39, 0.29) is 0 Å². The van der Waals surface area contributed by atoms with E-state index >= 15 is 0 Å². The summed E-state index contributed by atoms with van der Waals surface area (Å²) < 4.78 is 12.7.